The van der Waals surface area contributed by atoms with Gasteiger partial charge in [-0.1, -0.05) is 15.9 Å². The number of amides is 1. The first-order valence-electron chi connectivity index (χ1n) is 9.21. The molecule has 0 N–H and O–H groups in total. The monoisotopic (exact) mass is 480 g/mol. The molecule has 0 radical (unpaired) electrons. The molecule has 1 aliphatic rings. The van der Waals surface area contributed by atoms with Gasteiger partial charge in [-0.05, 0) is 43.3 Å². The Morgan fingerprint density at radius 1 is 1.00 bits per heavy atom. The van der Waals surface area contributed by atoms with Gasteiger partial charge in [0.15, 0.2) is 12.4 Å². The topological polar surface area (TPSA) is 66.9 Å². The molecule has 1 saturated heterocycles. The van der Waals surface area contributed by atoms with Gasteiger partial charge in [-0.2, -0.15) is 0 Å². The maximum atomic E-state index is 14.3. The number of hydrogen-bond donors (Lipinski definition) is 0. The van der Waals surface area contributed by atoms with Crippen LogP contribution in [0.15, 0.2) is 40.9 Å². The number of esters is 1. The summed E-state index contributed by atoms with van der Waals surface area (Å²) in [4.78, 5) is 39.0. The number of benzene rings is 2. The highest BCUT2D eigenvalue weighted by molar-refractivity contribution is 9.10. The summed E-state index contributed by atoms with van der Waals surface area (Å²) in [6.07, 6.45) is 0. The van der Waals surface area contributed by atoms with Crippen LogP contribution in [0.25, 0.3) is 0 Å². The van der Waals surface area contributed by atoms with E-state index >= 15 is 0 Å². The zero-order valence-corrected chi connectivity index (χ0v) is 17.7. The third-order valence-corrected chi connectivity index (χ3v) is 5.30. The predicted octanol–water partition coefficient (Wildman–Crippen LogP) is 3.44. The van der Waals surface area contributed by atoms with E-state index in [1.165, 1.54) is 30.0 Å². The molecule has 30 heavy (non-hydrogen) atoms. The maximum Gasteiger partial charge on any atom is 0.341 e. The summed E-state index contributed by atoms with van der Waals surface area (Å²) < 4.78 is 33.5. The van der Waals surface area contributed by atoms with Crippen molar-refractivity contribution in [1.82, 2.24) is 4.90 Å². The minimum atomic E-state index is -0.917. The van der Waals surface area contributed by atoms with E-state index in [9.17, 15) is 23.2 Å². The zero-order chi connectivity index (χ0) is 21.8. The number of nitrogens with zero attached hydrogens (tertiary/aromatic N) is 2. The minimum absolute atomic E-state index is 0.214. The van der Waals surface area contributed by atoms with Gasteiger partial charge in [0, 0.05) is 36.2 Å². The molecule has 2 aromatic carbocycles. The Hall–Kier alpha value is -2.81. The number of ether oxygens (including phenoxy) is 1. The lowest BCUT2D eigenvalue weighted by Gasteiger charge is -2.36. The van der Waals surface area contributed by atoms with Crippen molar-refractivity contribution in [2.75, 3.05) is 37.7 Å². The van der Waals surface area contributed by atoms with E-state index in [0.717, 1.165) is 6.07 Å². The normalized spacial score (nSPS) is 13.9. The Morgan fingerprint density at radius 2 is 1.70 bits per heavy atom. The molecule has 158 valence electrons. The van der Waals surface area contributed by atoms with Crippen molar-refractivity contribution < 1.29 is 27.9 Å². The molecule has 0 unspecified atom stereocenters. The van der Waals surface area contributed by atoms with Gasteiger partial charge in [-0.15, -0.1) is 0 Å². The summed E-state index contributed by atoms with van der Waals surface area (Å²) in [7, 11) is 0. The lowest BCUT2D eigenvalue weighted by Crippen LogP contribution is -2.50. The van der Waals surface area contributed by atoms with E-state index in [4.69, 9.17) is 4.74 Å². The highest BCUT2D eigenvalue weighted by Crippen LogP contribution is 2.22. The van der Waals surface area contributed by atoms with Crippen molar-refractivity contribution in [1.29, 1.82) is 0 Å². The first-order valence-corrected chi connectivity index (χ1v) is 10.0. The summed E-state index contributed by atoms with van der Waals surface area (Å²) in [5.74, 6) is -2.78. The maximum absolute atomic E-state index is 14.3. The number of hydrogen-bond acceptors (Lipinski definition) is 5. The third-order valence-electron chi connectivity index (χ3n) is 4.81. The summed E-state index contributed by atoms with van der Waals surface area (Å²) in [6.45, 7) is 2.27. The molecule has 0 bridgehead atoms. The van der Waals surface area contributed by atoms with Crippen molar-refractivity contribution >= 4 is 39.3 Å². The molecule has 0 saturated carbocycles. The molecule has 1 fully saturated rings. The molecule has 6 nitrogen and oxygen atoms in total. The standard InChI is InChI=1S/C21H19BrF2N2O4/c1-13(27)14-2-5-19(18(24)10-14)25-6-8-26(9-7-25)20(28)12-30-21(29)16-4-3-15(22)11-17(16)23/h2-5,10-11H,6-9,12H2,1H3. The van der Waals surface area contributed by atoms with Gasteiger partial charge >= 0.3 is 5.97 Å². The van der Waals surface area contributed by atoms with E-state index in [2.05, 4.69) is 15.9 Å². The van der Waals surface area contributed by atoms with E-state index < -0.39 is 30.1 Å². The Kier molecular flexibility index (Phi) is 6.81. The lowest BCUT2D eigenvalue weighted by molar-refractivity contribution is -0.134. The number of Topliss-reactive ketones (excluding diaryl/α,β-unsaturated/α-hetero) is 1. The van der Waals surface area contributed by atoms with Crippen LogP contribution in [0.4, 0.5) is 14.5 Å². The first-order chi connectivity index (χ1) is 14.3. The van der Waals surface area contributed by atoms with Crippen molar-refractivity contribution in [2.24, 2.45) is 0 Å². The zero-order valence-electron chi connectivity index (χ0n) is 16.2. The van der Waals surface area contributed by atoms with Crippen LogP contribution in [0.1, 0.15) is 27.6 Å². The molecule has 2 aromatic rings. The van der Waals surface area contributed by atoms with Crippen LogP contribution < -0.4 is 4.90 Å². The van der Waals surface area contributed by atoms with Crippen LogP contribution in [-0.4, -0.2) is 55.3 Å². The number of carbonyl (C=O) groups is 3. The highest BCUT2D eigenvalue weighted by atomic mass is 79.9. The second-order valence-electron chi connectivity index (χ2n) is 6.79. The smallest absolute Gasteiger partial charge is 0.341 e. The van der Waals surface area contributed by atoms with Gasteiger partial charge in [-0.3, -0.25) is 9.59 Å². The number of ketones is 1. The second kappa shape index (κ2) is 9.34. The predicted molar refractivity (Wildman–Crippen MR) is 110 cm³/mol. The molecule has 1 amide bonds. The van der Waals surface area contributed by atoms with E-state index in [1.807, 2.05) is 0 Å². The van der Waals surface area contributed by atoms with Gasteiger partial charge in [0.25, 0.3) is 5.91 Å². The molecule has 3 rings (SSSR count). The highest BCUT2D eigenvalue weighted by Gasteiger charge is 2.24. The average Bonchev–Trinajstić information content (AvgIpc) is 2.71. The Labute approximate surface area is 180 Å². The molecule has 0 spiro atoms. The van der Waals surface area contributed by atoms with Gasteiger partial charge in [0.05, 0.1) is 11.3 Å². The van der Waals surface area contributed by atoms with Crippen molar-refractivity contribution in [3.05, 3.63) is 63.6 Å². The number of piperazine rings is 1. The fraction of sp³-hybridized carbons (Fsp3) is 0.286. The third kappa shape index (κ3) is 5.02. The van der Waals surface area contributed by atoms with Gasteiger partial charge in [0.1, 0.15) is 11.6 Å². The van der Waals surface area contributed by atoms with E-state index in [0.29, 0.717) is 41.9 Å². The quantitative estimate of drug-likeness (QED) is 0.484. The minimum Gasteiger partial charge on any atom is -0.452 e. The summed E-state index contributed by atoms with van der Waals surface area (Å²) >= 11 is 3.10. The Morgan fingerprint density at radius 3 is 2.30 bits per heavy atom. The van der Waals surface area contributed by atoms with E-state index in [-0.39, 0.29) is 11.3 Å². The first kappa shape index (κ1) is 21.9. The van der Waals surface area contributed by atoms with Crippen molar-refractivity contribution in [3.63, 3.8) is 0 Å². The molecular weight excluding hydrogens is 462 g/mol. The van der Waals surface area contributed by atoms with Crippen LogP contribution in [0, 0.1) is 11.6 Å². The molecule has 1 aliphatic heterocycles. The Bertz CT molecular complexity index is 991. The van der Waals surface area contributed by atoms with Crippen LogP contribution in [0.2, 0.25) is 0 Å². The lowest BCUT2D eigenvalue weighted by atomic mass is 10.1. The van der Waals surface area contributed by atoms with Crippen LogP contribution in [0.5, 0.6) is 0 Å². The van der Waals surface area contributed by atoms with Crippen LogP contribution in [-0.2, 0) is 9.53 Å². The van der Waals surface area contributed by atoms with Gasteiger partial charge in [-0.25, -0.2) is 13.6 Å². The van der Waals surface area contributed by atoms with E-state index in [1.54, 1.807) is 17.0 Å². The second-order valence-corrected chi connectivity index (χ2v) is 7.71. The fourth-order valence-corrected chi connectivity index (χ4v) is 3.46. The van der Waals surface area contributed by atoms with Gasteiger partial charge < -0.3 is 14.5 Å². The average molecular weight is 481 g/mol. The largest absolute Gasteiger partial charge is 0.452 e. The number of carbonyl (C=O) groups excluding carboxylic acids is 3. The molecule has 0 aliphatic carbocycles. The molecule has 9 heteroatoms. The SMILES string of the molecule is CC(=O)c1ccc(N2CCN(C(=O)COC(=O)c3ccc(Br)cc3F)CC2)c(F)c1. The Balaban J connectivity index is 1.53. The van der Waals surface area contributed by atoms with Crippen LogP contribution in [0.3, 0.4) is 0 Å². The fourth-order valence-electron chi connectivity index (χ4n) is 3.13. The summed E-state index contributed by atoms with van der Waals surface area (Å²) in [5, 5.41) is 0. The molecular formula is C21H19BrF2N2O4. The molecule has 0 aromatic heterocycles. The van der Waals surface area contributed by atoms with Crippen molar-refractivity contribution in [3.8, 4) is 0 Å². The molecule has 0 atom stereocenters. The number of halogens is 3. The molecule has 1 heterocycles. The number of rotatable bonds is 5. The van der Waals surface area contributed by atoms with Gasteiger partial charge in [0.2, 0.25) is 0 Å². The van der Waals surface area contributed by atoms with Crippen molar-refractivity contribution in [2.45, 2.75) is 6.92 Å². The number of anilines is 1. The van der Waals surface area contributed by atoms with Crippen LogP contribution >= 0.6 is 15.9 Å². The summed E-state index contributed by atoms with van der Waals surface area (Å²) in [6, 6.07) is 8.24. The summed E-state index contributed by atoms with van der Waals surface area (Å²) in [5.41, 5.74) is 0.415.